The molecule has 21 heavy (non-hydrogen) atoms. The highest BCUT2D eigenvalue weighted by atomic mass is 32.2. The summed E-state index contributed by atoms with van der Waals surface area (Å²) in [6.07, 6.45) is 1.19. The second-order valence-electron chi connectivity index (χ2n) is 5.68. The summed E-state index contributed by atoms with van der Waals surface area (Å²) in [7, 11) is -2.99. The Morgan fingerprint density at radius 3 is 2.76 bits per heavy atom. The number of aryl methyl sites for hydroxylation is 1. The number of carbonyl (C=O) groups is 1. The first-order valence-corrected chi connectivity index (χ1v) is 9.66. The number of thiazole rings is 1. The van der Waals surface area contributed by atoms with Gasteiger partial charge in [-0.2, -0.15) is 0 Å². The molecule has 1 fully saturated rings. The number of sulfone groups is 1. The first-order chi connectivity index (χ1) is 9.74. The molecule has 0 spiro atoms. The van der Waals surface area contributed by atoms with E-state index >= 15 is 0 Å². The van der Waals surface area contributed by atoms with Crippen LogP contribution in [0.1, 0.15) is 37.4 Å². The minimum absolute atomic E-state index is 0.0274. The van der Waals surface area contributed by atoms with Crippen molar-refractivity contribution in [1.29, 1.82) is 0 Å². The summed E-state index contributed by atoms with van der Waals surface area (Å²) in [5.74, 6) is 0.175. The molecular formula is C13H21N3O3S2. The maximum atomic E-state index is 12.1. The molecule has 0 aliphatic carbocycles. The van der Waals surface area contributed by atoms with Crippen LogP contribution in [0.4, 0.5) is 4.79 Å². The molecule has 1 aliphatic rings. The molecule has 6 nitrogen and oxygen atoms in total. The van der Waals surface area contributed by atoms with E-state index in [9.17, 15) is 13.2 Å². The lowest BCUT2D eigenvalue weighted by Gasteiger charge is -2.28. The van der Waals surface area contributed by atoms with E-state index in [0.29, 0.717) is 12.8 Å². The van der Waals surface area contributed by atoms with Crippen LogP contribution in [-0.4, -0.2) is 37.0 Å². The number of nitrogens with one attached hydrogen (secondary N) is 2. The highest BCUT2D eigenvalue weighted by molar-refractivity contribution is 7.91. The minimum Gasteiger partial charge on any atom is -0.334 e. The first-order valence-electron chi connectivity index (χ1n) is 6.96. The Morgan fingerprint density at radius 1 is 1.57 bits per heavy atom. The van der Waals surface area contributed by atoms with E-state index < -0.39 is 15.4 Å². The summed E-state index contributed by atoms with van der Waals surface area (Å²) in [5, 5.41) is 8.49. The second-order valence-corrected chi connectivity index (χ2v) is 8.76. The van der Waals surface area contributed by atoms with Crippen molar-refractivity contribution in [2.24, 2.45) is 0 Å². The van der Waals surface area contributed by atoms with Crippen LogP contribution >= 0.6 is 11.3 Å². The maximum absolute atomic E-state index is 12.1. The summed E-state index contributed by atoms with van der Waals surface area (Å²) in [6, 6.07) is -0.636. The Hall–Kier alpha value is -1.15. The average molecular weight is 331 g/mol. The SMILES string of the molecule is CCC(C)(NC(=O)NC1CCS(=O)(=O)C1)c1nc(C)cs1. The van der Waals surface area contributed by atoms with Gasteiger partial charge in [-0.25, -0.2) is 18.2 Å². The highest BCUT2D eigenvalue weighted by Gasteiger charge is 2.33. The van der Waals surface area contributed by atoms with Gasteiger partial charge in [-0.1, -0.05) is 6.92 Å². The number of aromatic nitrogens is 1. The van der Waals surface area contributed by atoms with E-state index in [2.05, 4.69) is 15.6 Å². The number of hydrogen-bond acceptors (Lipinski definition) is 5. The van der Waals surface area contributed by atoms with Gasteiger partial charge in [0.2, 0.25) is 0 Å². The second kappa shape index (κ2) is 5.92. The first kappa shape index (κ1) is 16.2. The van der Waals surface area contributed by atoms with E-state index in [1.807, 2.05) is 26.2 Å². The summed E-state index contributed by atoms with van der Waals surface area (Å²) in [4.78, 5) is 16.6. The Labute approximate surface area is 129 Å². The Balaban J connectivity index is 2.00. The molecule has 1 aromatic rings. The molecule has 0 saturated carbocycles. The predicted molar refractivity (Wildman–Crippen MR) is 83.2 cm³/mol. The molecule has 8 heteroatoms. The van der Waals surface area contributed by atoms with Crippen molar-refractivity contribution in [3.63, 3.8) is 0 Å². The van der Waals surface area contributed by atoms with Gasteiger partial charge in [-0.15, -0.1) is 11.3 Å². The smallest absolute Gasteiger partial charge is 0.315 e. The van der Waals surface area contributed by atoms with Crippen LogP contribution in [0.2, 0.25) is 0 Å². The Kier molecular flexibility index (Phi) is 4.57. The molecule has 2 unspecified atom stereocenters. The van der Waals surface area contributed by atoms with E-state index in [0.717, 1.165) is 10.7 Å². The lowest BCUT2D eigenvalue weighted by molar-refractivity contribution is 0.223. The molecule has 1 saturated heterocycles. The molecule has 1 aromatic heterocycles. The van der Waals surface area contributed by atoms with Gasteiger partial charge < -0.3 is 10.6 Å². The van der Waals surface area contributed by atoms with Crippen LogP contribution in [0.3, 0.4) is 0 Å². The zero-order valence-electron chi connectivity index (χ0n) is 12.5. The van der Waals surface area contributed by atoms with Gasteiger partial charge >= 0.3 is 6.03 Å². The van der Waals surface area contributed by atoms with E-state index in [-0.39, 0.29) is 23.6 Å². The molecule has 0 radical (unpaired) electrons. The van der Waals surface area contributed by atoms with Gasteiger partial charge in [0, 0.05) is 17.1 Å². The van der Waals surface area contributed by atoms with Gasteiger partial charge in [0.05, 0.1) is 17.0 Å². The number of rotatable bonds is 4. The Bertz CT molecular complexity index is 626. The number of urea groups is 1. The van der Waals surface area contributed by atoms with Crippen molar-refractivity contribution < 1.29 is 13.2 Å². The largest absolute Gasteiger partial charge is 0.334 e. The number of carbonyl (C=O) groups excluding carboxylic acids is 1. The fourth-order valence-electron chi connectivity index (χ4n) is 2.28. The van der Waals surface area contributed by atoms with Gasteiger partial charge in [0.25, 0.3) is 0 Å². The van der Waals surface area contributed by atoms with Crippen molar-refractivity contribution in [2.45, 2.75) is 45.2 Å². The standard InChI is InChI=1S/C13H21N3O3S2/c1-4-13(3,11-14-9(2)7-20-11)16-12(17)15-10-5-6-21(18,19)8-10/h7,10H,4-6,8H2,1-3H3,(H2,15,16,17). The summed E-state index contributed by atoms with van der Waals surface area (Å²) in [6.45, 7) is 5.83. The van der Waals surface area contributed by atoms with Crippen molar-refractivity contribution in [2.75, 3.05) is 11.5 Å². The van der Waals surface area contributed by atoms with Gasteiger partial charge in [-0.3, -0.25) is 0 Å². The van der Waals surface area contributed by atoms with Gasteiger partial charge in [0.15, 0.2) is 9.84 Å². The molecule has 2 amide bonds. The van der Waals surface area contributed by atoms with Gasteiger partial charge in [-0.05, 0) is 26.7 Å². The fraction of sp³-hybridized carbons (Fsp3) is 0.692. The topological polar surface area (TPSA) is 88.2 Å². The monoisotopic (exact) mass is 331 g/mol. The lowest BCUT2D eigenvalue weighted by atomic mass is 10.0. The molecule has 1 aliphatic heterocycles. The zero-order chi connectivity index (χ0) is 15.7. The number of nitrogens with zero attached hydrogens (tertiary/aromatic N) is 1. The molecule has 2 atom stereocenters. The molecule has 2 N–H and O–H groups in total. The highest BCUT2D eigenvalue weighted by Crippen LogP contribution is 2.27. The summed E-state index contributed by atoms with van der Waals surface area (Å²) in [5.41, 5.74) is 0.388. The molecule has 2 rings (SSSR count). The number of hydrogen-bond donors (Lipinski definition) is 2. The maximum Gasteiger partial charge on any atom is 0.315 e. The predicted octanol–water partition coefficient (Wildman–Crippen LogP) is 1.56. The quantitative estimate of drug-likeness (QED) is 0.876. The molecule has 0 aromatic carbocycles. The van der Waals surface area contributed by atoms with Crippen LogP contribution in [0, 0.1) is 6.92 Å². The van der Waals surface area contributed by atoms with Crippen LogP contribution in [0.25, 0.3) is 0 Å². The van der Waals surface area contributed by atoms with Crippen molar-refractivity contribution in [1.82, 2.24) is 15.6 Å². The minimum atomic E-state index is -2.99. The van der Waals surface area contributed by atoms with Crippen molar-refractivity contribution in [3.8, 4) is 0 Å². The third-order valence-electron chi connectivity index (χ3n) is 3.76. The van der Waals surface area contributed by atoms with E-state index in [1.165, 1.54) is 11.3 Å². The summed E-state index contributed by atoms with van der Waals surface area (Å²) >= 11 is 1.52. The average Bonchev–Trinajstić information content (AvgIpc) is 2.95. The van der Waals surface area contributed by atoms with E-state index in [1.54, 1.807) is 0 Å². The third kappa shape index (κ3) is 3.94. The summed E-state index contributed by atoms with van der Waals surface area (Å²) < 4.78 is 22.8. The molecule has 2 heterocycles. The number of amides is 2. The lowest BCUT2D eigenvalue weighted by Crippen LogP contribution is -2.50. The normalized spacial score (nSPS) is 23.5. The molecule has 0 bridgehead atoms. The van der Waals surface area contributed by atoms with Gasteiger partial charge in [0.1, 0.15) is 5.01 Å². The van der Waals surface area contributed by atoms with Crippen molar-refractivity contribution in [3.05, 3.63) is 16.1 Å². The van der Waals surface area contributed by atoms with Crippen LogP contribution < -0.4 is 10.6 Å². The zero-order valence-corrected chi connectivity index (χ0v) is 14.1. The van der Waals surface area contributed by atoms with E-state index in [4.69, 9.17) is 0 Å². The van der Waals surface area contributed by atoms with Crippen LogP contribution in [-0.2, 0) is 15.4 Å². The fourth-order valence-corrected chi connectivity index (χ4v) is 4.94. The third-order valence-corrected chi connectivity index (χ3v) is 6.75. The van der Waals surface area contributed by atoms with Crippen LogP contribution in [0.15, 0.2) is 5.38 Å². The molecule has 118 valence electrons. The van der Waals surface area contributed by atoms with Crippen molar-refractivity contribution >= 4 is 27.2 Å². The Morgan fingerprint density at radius 2 is 2.29 bits per heavy atom. The molecular weight excluding hydrogens is 310 g/mol. The van der Waals surface area contributed by atoms with Crippen LogP contribution in [0.5, 0.6) is 0 Å².